The van der Waals surface area contributed by atoms with Crippen molar-refractivity contribution >= 4 is 28.2 Å². The first-order valence-electron chi connectivity index (χ1n) is 8.80. The van der Waals surface area contributed by atoms with Crippen LogP contribution in [-0.4, -0.2) is 27.2 Å². The molecule has 5 rings (SSSR count). The number of rotatable bonds is 3. The summed E-state index contributed by atoms with van der Waals surface area (Å²) in [6.07, 6.45) is 3.54. The Morgan fingerprint density at radius 3 is 2.63 bits per heavy atom. The Hall–Kier alpha value is -3.67. The molecule has 1 aliphatic heterocycles. The highest BCUT2D eigenvalue weighted by atomic mass is 16.2. The van der Waals surface area contributed by atoms with Crippen LogP contribution in [0.15, 0.2) is 67.0 Å². The van der Waals surface area contributed by atoms with E-state index in [2.05, 4.69) is 33.8 Å². The second kappa shape index (κ2) is 6.25. The summed E-state index contributed by atoms with van der Waals surface area (Å²) >= 11 is 0. The van der Waals surface area contributed by atoms with Gasteiger partial charge in [0.1, 0.15) is 5.69 Å². The number of nitrogens with zero attached hydrogens (tertiary/aromatic N) is 3. The molecule has 6 nitrogen and oxygen atoms in total. The predicted molar refractivity (Wildman–Crippen MR) is 106 cm³/mol. The lowest BCUT2D eigenvalue weighted by Crippen LogP contribution is -2.27. The highest BCUT2D eigenvalue weighted by Gasteiger charge is 2.19. The Morgan fingerprint density at radius 2 is 1.81 bits per heavy atom. The number of anilines is 2. The number of aromatic nitrogens is 3. The van der Waals surface area contributed by atoms with E-state index in [1.165, 1.54) is 5.56 Å². The summed E-state index contributed by atoms with van der Waals surface area (Å²) in [5, 5.41) is 12.1. The molecule has 0 radical (unpaired) electrons. The Kier molecular flexibility index (Phi) is 3.60. The van der Waals surface area contributed by atoms with Crippen LogP contribution in [0.2, 0.25) is 0 Å². The van der Waals surface area contributed by atoms with E-state index in [-0.39, 0.29) is 12.5 Å². The molecule has 132 valence electrons. The Balaban J connectivity index is 1.71. The molecule has 0 saturated carbocycles. The summed E-state index contributed by atoms with van der Waals surface area (Å²) in [4.78, 5) is 15.9. The van der Waals surface area contributed by atoms with Crippen LogP contribution in [0.25, 0.3) is 22.2 Å². The quantitative estimate of drug-likeness (QED) is 0.590. The van der Waals surface area contributed by atoms with Crippen molar-refractivity contribution in [2.45, 2.75) is 6.54 Å². The summed E-state index contributed by atoms with van der Waals surface area (Å²) in [6.45, 7) is 0.934. The number of hydrogen-bond acceptors (Lipinski definition) is 4. The van der Waals surface area contributed by atoms with Crippen molar-refractivity contribution < 1.29 is 4.79 Å². The zero-order chi connectivity index (χ0) is 18.2. The average Bonchev–Trinajstić information content (AvgIpc) is 3.05. The van der Waals surface area contributed by atoms with Gasteiger partial charge in [-0.05, 0) is 29.8 Å². The van der Waals surface area contributed by atoms with Crippen LogP contribution in [0, 0.1) is 0 Å². The number of benzene rings is 2. The van der Waals surface area contributed by atoms with Crippen LogP contribution >= 0.6 is 0 Å². The third-order valence-electron chi connectivity index (χ3n) is 4.73. The normalized spacial score (nSPS) is 13.1. The van der Waals surface area contributed by atoms with Crippen molar-refractivity contribution in [3.05, 3.63) is 72.6 Å². The first-order valence-corrected chi connectivity index (χ1v) is 8.80. The first kappa shape index (κ1) is 15.6. The lowest BCUT2D eigenvalue weighted by molar-refractivity contribution is -0.114. The molecule has 0 fully saturated rings. The topological polar surface area (TPSA) is 71.8 Å². The molecule has 0 atom stereocenters. The molecule has 4 aromatic rings. The maximum atomic E-state index is 11.8. The van der Waals surface area contributed by atoms with E-state index < -0.39 is 0 Å². The highest BCUT2D eigenvalue weighted by Crippen LogP contribution is 2.35. The molecule has 0 saturated heterocycles. The number of carbonyl (C=O) groups excluding carboxylic acids is 1. The van der Waals surface area contributed by atoms with Gasteiger partial charge in [0.2, 0.25) is 5.91 Å². The van der Waals surface area contributed by atoms with Crippen LogP contribution in [0.1, 0.15) is 5.56 Å². The van der Waals surface area contributed by atoms with Gasteiger partial charge in [-0.1, -0.05) is 30.3 Å². The Morgan fingerprint density at radius 1 is 1.00 bits per heavy atom. The van der Waals surface area contributed by atoms with Gasteiger partial charge in [-0.2, -0.15) is 5.10 Å². The van der Waals surface area contributed by atoms with Crippen LogP contribution in [0.3, 0.4) is 0 Å². The zero-order valence-corrected chi connectivity index (χ0v) is 14.5. The molecule has 2 aromatic heterocycles. The number of carbonyl (C=O) groups is 1. The van der Waals surface area contributed by atoms with Gasteiger partial charge in [-0.15, -0.1) is 0 Å². The minimum Gasteiger partial charge on any atom is -0.374 e. The lowest BCUT2D eigenvalue weighted by Gasteiger charge is -2.19. The van der Waals surface area contributed by atoms with E-state index in [0.29, 0.717) is 6.54 Å². The summed E-state index contributed by atoms with van der Waals surface area (Å²) in [6, 6.07) is 18.2. The maximum absolute atomic E-state index is 11.8. The van der Waals surface area contributed by atoms with Crippen molar-refractivity contribution in [2.24, 2.45) is 0 Å². The molecule has 3 heterocycles. The number of pyridine rings is 1. The SMILES string of the molecule is O=C1CNc2cc3c(-c4ccncc4)nn(Cc4ccccc4)c3cc2N1. The highest BCUT2D eigenvalue weighted by molar-refractivity contribution is 6.06. The summed E-state index contributed by atoms with van der Waals surface area (Å²) in [5.74, 6) is -0.0367. The standard InChI is InChI=1S/C21H17N5O/c27-20-12-23-17-10-16-19(11-18(17)24-20)26(13-14-4-2-1-3-5-14)25-21(16)15-6-8-22-9-7-15/h1-11,23H,12-13H2,(H,24,27). The Bertz CT molecular complexity index is 1140. The largest absolute Gasteiger partial charge is 0.374 e. The average molecular weight is 355 g/mol. The van der Waals surface area contributed by atoms with Gasteiger partial charge >= 0.3 is 0 Å². The second-order valence-corrected chi connectivity index (χ2v) is 6.54. The minimum atomic E-state index is -0.0367. The fourth-order valence-corrected chi connectivity index (χ4v) is 3.44. The summed E-state index contributed by atoms with van der Waals surface area (Å²) in [7, 11) is 0. The van der Waals surface area contributed by atoms with Gasteiger partial charge in [0.15, 0.2) is 0 Å². The second-order valence-electron chi connectivity index (χ2n) is 6.54. The predicted octanol–water partition coefficient (Wildman–Crippen LogP) is 3.51. The van der Waals surface area contributed by atoms with Crippen molar-refractivity contribution in [2.75, 3.05) is 17.2 Å². The van der Waals surface area contributed by atoms with E-state index in [0.717, 1.165) is 33.5 Å². The smallest absolute Gasteiger partial charge is 0.243 e. The number of fused-ring (bicyclic) bond motifs is 2. The molecule has 1 amide bonds. The third-order valence-corrected chi connectivity index (χ3v) is 4.73. The molecule has 6 heteroatoms. The molecule has 0 bridgehead atoms. The maximum Gasteiger partial charge on any atom is 0.243 e. The molecule has 2 aromatic carbocycles. The third kappa shape index (κ3) is 2.81. The minimum absolute atomic E-state index is 0.0367. The van der Waals surface area contributed by atoms with Crippen LogP contribution in [0.4, 0.5) is 11.4 Å². The fourth-order valence-electron chi connectivity index (χ4n) is 3.44. The molecule has 27 heavy (non-hydrogen) atoms. The van der Waals surface area contributed by atoms with Crippen molar-refractivity contribution in [3.8, 4) is 11.3 Å². The van der Waals surface area contributed by atoms with Crippen LogP contribution in [-0.2, 0) is 11.3 Å². The monoisotopic (exact) mass is 355 g/mol. The van der Waals surface area contributed by atoms with Gasteiger partial charge < -0.3 is 10.6 Å². The van der Waals surface area contributed by atoms with Crippen LogP contribution < -0.4 is 10.6 Å². The first-order chi connectivity index (χ1) is 13.3. The molecule has 2 N–H and O–H groups in total. The molecular weight excluding hydrogens is 338 g/mol. The molecule has 0 spiro atoms. The molecular formula is C21H17N5O. The molecule has 1 aliphatic rings. The summed E-state index contributed by atoms with van der Waals surface area (Å²) < 4.78 is 1.99. The molecule has 0 aliphatic carbocycles. The number of nitrogens with one attached hydrogen (secondary N) is 2. The van der Waals surface area contributed by atoms with Crippen molar-refractivity contribution in [3.63, 3.8) is 0 Å². The summed E-state index contributed by atoms with van der Waals surface area (Å²) in [5.41, 5.74) is 5.77. The van der Waals surface area contributed by atoms with E-state index in [4.69, 9.17) is 5.10 Å². The van der Waals surface area contributed by atoms with Gasteiger partial charge in [0.05, 0.1) is 30.0 Å². The van der Waals surface area contributed by atoms with E-state index in [1.807, 2.05) is 41.1 Å². The fraction of sp³-hybridized carbons (Fsp3) is 0.0952. The van der Waals surface area contributed by atoms with Gasteiger partial charge in [-0.25, -0.2) is 0 Å². The van der Waals surface area contributed by atoms with Crippen molar-refractivity contribution in [1.29, 1.82) is 0 Å². The van der Waals surface area contributed by atoms with Gasteiger partial charge in [0.25, 0.3) is 0 Å². The number of amides is 1. The van der Waals surface area contributed by atoms with Crippen LogP contribution in [0.5, 0.6) is 0 Å². The van der Waals surface area contributed by atoms with E-state index in [1.54, 1.807) is 12.4 Å². The van der Waals surface area contributed by atoms with Gasteiger partial charge in [0, 0.05) is 23.3 Å². The zero-order valence-electron chi connectivity index (χ0n) is 14.5. The lowest BCUT2D eigenvalue weighted by atomic mass is 10.1. The van der Waals surface area contributed by atoms with Crippen molar-refractivity contribution in [1.82, 2.24) is 14.8 Å². The molecule has 0 unspecified atom stereocenters. The van der Waals surface area contributed by atoms with E-state index >= 15 is 0 Å². The number of hydrogen-bond donors (Lipinski definition) is 2. The van der Waals surface area contributed by atoms with E-state index in [9.17, 15) is 4.79 Å². The van der Waals surface area contributed by atoms with Gasteiger partial charge in [-0.3, -0.25) is 14.5 Å². The Labute approximate surface area is 155 Å².